The average molecular weight is 452 g/mol. The van der Waals surface area contributed by atoms with Crippen molar-refractivity contribution >= 4 is 29.2 Å². The highest BCUT2D eigenvalue weighted by molar-refractivity contribution is 6.30. The maximum Gasteiger partial charge on any atom is 0.416 e. The molecule has 0 radical (unpaired) electrons. The number of morpholine rings is 1. The van der Waals surface area contributed by atoms with Gasteiger partial charge in [0.1, 0.15) is 5.75 Å². The van der Waals surface area contributed by atoms with Gasteiger partial charge in [-0.2, -0.15) is 28.1 Å². The predicted octanol–water partition coefficient (Wildman–Crippen LogP) is 4.92. The van der Waals surface area contributed by atoms with Crippen LogP contribution in [0.25, 0.3) is 0 Å². The van der Waals surface area contributed by atoms with E-state index in [-0.39, 0.29) is 17.6 Å². The Morgan fingerprint density at radius 2 is 1.77 bits per heavy atom. The molecule has 1 aromatic heterocycles. The molecule has 0 aliphatic carbocycles. The number of hydrogen-bond donors (Lipinski definition) is 1. The van der Waals surface area contributed by atoms with Gasteiger partial charge in [-0.05, 0) is 36.4 Å². The Bertz CT molecular complexity index is 1060. The highest BCUT2D eigenvalue weighted by Crippen LogP contribution is 2.31. The van der Waals surface area contributed by atoms with Crippen molar-refractivity contribution in [3.05, 3.63) is 59.1 Å². The van der Waals surface area contributed by atoms with Crippen molar-refractivity contribution in [2.45, 2.75) is 6.18 Å². The Morgan fingerprint density at radius 3 is 2.52 bits per heavy atom. The van der Waals surface area contributed by atoms with Crippen LogP contribution < -0.4 is 15.0 Å². The van der Waals surface area contributed by atoms with E-state index in [2.05, 4.69) is 20.3 Å². The first-order valence-corrected chi connectivity index (χ1v) is 9.71. The normalized spacial score (nSPS) is 14.4. The van der Waals surface area contributed by atoms with Crippen molar-refractivity contribution in [2.24, 2.45) is 0 Å². The number of ether oxygens (including phenoxy) is 2. The zero-order valence-corrected chi connectivity index (χ0v) is 16.8. The third-order valence-electron chi connectivity index (χ3n) is 4.35. The monoisotopic (exact) mass is 451 g/mol. The van der Waals surface area contributed by atoms with Gasteiger partial charge in [-0.1, -0.05) is 23.7 Å². The van der Waals surface area contributed by atoms with Gasteiger partial charge in [-0.25, -0.2) is 0 Å². The summed E-state index contributed by atoms with van der Waals surface area (Å²) in [6.07, 6.45) is -4.46. The molecule has 0 spiro atoms. The molecule has 3 aromatic rings. The van der Waals surface area contributed by atoms with Crippen molar-refractivity contribution in [1.29, 1.82) is 0 Å². The molecule has 1 fully saturated rings. The summed E-state index contributed by atoms with van der Waals surface area (Å²) in [5, 5.41) is 3.28. The second-order valence-electron chi connectivity index (χ2n) is 6.60. The first-order valence-electron chi connectivity index (χ1n) is 9.33. The van der Waals surface area contributed by atoms with Gasteiger partial charge >= 0.3 is 12.2 Å². The van der Waals surface area contributed by atoms with E-state index in [0.29, 0.717) is 43.0 Å². The fraction of sp³-hybridized carbons (Fsp3) is 0.250. The lowest BCUT2D eigenvalue weighted by molar-refractivity contribution is -0.137. The molecule has 7 nitrogen and oxygen atoms in total. The Labute approximate surface area is 180 Å². The van der Waals surface area contributed by atoms with E-state index in [1.807, 2.05) is 4.90 Å². The average Bonchev–Trinajstić information content (AvgIpc) is 2.74. The molecule has 1 aliphatic rings. The summed E-state index contributed by atoms with van der Waals surface area (Å²) in [5.74, 6) is 0.786. The van der Waals surface area contributed by atoms with Crippen LogP contribution in [0.4, 0.5) is 30.8 Å². The summed E-state index contributed by atoms with van der Waals surface area (Å²) in [6, 6.07) is 11.4. The van der Waals surface area contributed by atoms with Gasteiger partial charge in [0.05, 0.1) is 18.8 Å². The highest BCUT2D eigenvalue weighted by Gasteiger charge is 2.30. The maximum atomic E-state index is 13.0. The van der Waals surface area contributed by atoms with Gasteiger partial charge in [0.15, 0.2) is 0 Å². The van der Waals surface area contributed by atoms with Crippen molar-refractivity contribution < 1.29 is 22.6 Å². The second-order valence-corrected chi connectivity index (χ2v) is 7.04. The smallest absolute Gasteiger partial charge is 0.416 e. The molecule has 1 aliphatic heterocycles. The minimum atomic E-state index is -4.46. The quantitative estimate of drug-likeness (QED) is 0.590. The Morgan fingerprint density at radius 1 is 1.00 bits per heavy atom. The number of nitrogens with zero attached hydrogens (tertiary/aromatic N) is 4. The largest absolute Gasteiger partial charge is 0.424 e. The van der Waals surface area contributed by atoms with Gasteiger partial charge in [0.2, 0.25) is 11.9 Å². The SMILES string of the molecule is FC(F)(F)c1cccc(Nc2nc(Oc3cccc(Cl)c3)nc(N3CCOCC3)n2)c1. The number of aromatic nitrogens is 3. The lowest BCUT2D eigenvalue weighted by Crippen LogP contribution is -2.37. The topological polar surface area (TPSA) is 72.4 Å². The number of anilines is 3. The van der Waals surface area contributed by atoms with Crippen LogP contribution in [0, 0.1) is 0 Å². The van der Waals surface area contributed by atoms with E-state index in [1.165, 1.54) is 12.1 Å². The fourth-order valence-electron chi connectivity index (χ4n) is 2.89. The van der Waals surface area contributed by atoms with E-state index < -0.39 is 11.7 Å². The molecule has 1 saturated heterocycles. The number of hydrogen-bond acceptors (Lipinski definition) is 7. The summed E-state index contributed by atoms with van der Waals surface area (Å²) in [5.41, 5.74) is -0.599. The van der Waals surface area contributed by atoms with E-state index in [1.54, 1.807) is 24.3 Å². The molecular weight excluding hydrogens is 435 g/mol. The first-order chi connectivity index (χ1) is 14.9. The van der Waals surface area contributed by atoms with Crippen molar-refractivity contribution in [2.75, 3.05) is 36.5 Å². The molecule has 2 aromatic carbocycles. The molecule has 31 heavy (non-hydrogen) atoms. The van der Waals surface area contributed by atoms with Crippen molar-refractivity contribution in [3.63, 3.8) is 0 Å². The summed E-state index contributed by atoms with van der Waals surface area (Å²) < 4.78 is 50.2. The van der Waals surface area contributed by atoms with Crippen LogP contribution in [0.2, 0.25) is 5.02 Å². The fourth-order valence-corrected chi connectivity index (χ4v) is 3.07. The van der Waals surface area contributed by atoms with E-state index >= 15 is 0 Å². The van der Waals surface area contributed by atoms with Crippen LogP contribution in [0.5, 0.6) is 11.8 Å². The summed E-state index contributed by atoms with van der Waals surface area (Å²) in [7, 11) is 0. The standard InChI is InChI=1S/C20H17ClF3N5O2/c21-14-4-2-6-16(12-14)31-19-27-17(26-18(28-19)29-7-9-30-10-8-29)25-15-5-1-3-13(11-15)20(22,23)24/h1-6,11-12H,7-10H2,(H,25,26,27,28). The molecule has 4 rings (SSSR count). The van der Waals surface area contributed by atoms with Gasteiger partial charge in [-0.15, -0.1) is 0 Å². The van der Waals surface area contributed by atoms with Crippen LogP contribution in [-0.4, -0.2) is 41.3 Å². The highest BCUT2D eigenvalue weighted by atomic mass is 35.5. The minimum absolute atomic E-state index is 0.0202. The van der Waals surface area contributed by atoms with E-state index in [4.69, 9.17) is 21.1 Å². The molecule has 2 heterocycles. The van der Waals surface area contributed by atoms with E-state index in [9.17, 15) is 13.2 Å². The zero-order valence-electron chi connectivity index (χ0n) is 16.1. The first kappa shape index (κ1) is 21.1. The lowest BCUT2D eigenvalue weighted by atomic mass is 10.2. The number of rotatable bonds is 5. The van der Waals surface area contributed by atoms with Gasteiger partial charge in [0.25, 0.3) is 0 Å². The Kier molecular flexibility index (Phi) is 6.10. The molecular formula is C20H17ClF3N5O2. The second kappa shape index (κ2) is 8.94. The molecule has 0 atom stereocenters. The van der Waals surface area contributed by atoms with Crippen LogP contribution >= 0.6 is 11.6 Å². The van der Waals surface area contributed by atoms with E-state index in [0.717, 1.165) is 12.1 Å². The summed E-state index contributed by atoms with van der Waals surface area (Å²) in [6.45, 7) is 2.13. The zero-order chi connectivity index (χ0) is 21.8. The molecule has 0 bridgehead atoms. The Hall–Kier alpha value is -3.11. The Balaban J connectivity index is 1.65. The maximum absolute atomic E-state index is 13.0. The summed E-state index contributed by atoms with van der Waals surface area (Å²) in [4.78, 5) is 14.8. The molecule has 0 saturated carbocycles. The van der Waals surface area contributed by atoms with Crippen molar-refractivity contribution in [3.8, 4) is 11.8 Å². The van der Waals surface area contributed by atoms with Gasteiger partial charge in [0, 0.05) is 23.8 Å². The van der Waals surface area contributed by atoms with Gasteiger partial charge in [-0.3, -0.25) is 0 Å². The number of nitrogens with one attached hydrogen (secondary N) is 1. The molecule has 11 heteroatoms. The van der Waals surface area contributed by atoms with Crippen LogP contribution in [0.3, 0.4) is 0 Å². The molecule has 1 N–H and O–H groups in total. The number of benzene rings is 2. The van der Waals surface area contributed by atoms with Crippen LogP contribution in [0.1, 0.15) is 5.56 Å². The molecule has 162 valence electrons. The minimum Gasteiger partial charge on any atom is -0.424 e. The predicted molar refractivity (Wildman–Crippen MR) is 109 cm³/mol. The lowest BCUT2D eigenvalue weighted by Gasteiger charge is -2.27. The third kappa shape index (κ3) is 5.53. The molecule has 0 amide bonds. The van der Waals surface area contributed by atoms with Crippen LogP contribution in [0.15, 0.2) is 48.5 Å². The van der Waals surface area contributed by atoms with Crippen LogP contribution in [-0.2, 0) is 10.9 Å². The third-order valence-corrected chi connectivity index (χ3v) is 4.58. The summed E-state index contributed by atoms with van der Waals surface area (Å²) >= 11 is 5.99. The van der Waals surface area contributed by atoms with Gasteiger partial charge < -0.3 is 19.7 Å². The number of halogens is 4. The number of alkyl halides is 3. The molecule has 0 unspecified atom stereocenters. The van der Waals surface area contributed by atoms with Crippen molar-refractivity contribution in [1.82, 2.24) is 15.0 Å².